The smallest absolute Gasteiger partial charge is 0.135 e. The van der Waals surface area contributed by atoms with Crippen LogP contribution in [0.3, 0.4) is 0 Å². The second-order valence-corrected chi connectivity index (χ2v) is 5.98. The molecule has 1 saturated heterocycles. The molecule has 0 spiro atoms. The monoisotopic (exact) mass is 311 g/mol. The van der Waals surface area contributed by atoms with E-state index >= 15 is 0 Å². The Kier molecular flexibility index (Phi) is 3.80. The van der Waals surface area contributed by atoms with Gasteiger partial charge in [0.2, 0.25) is 0 Å². The van der Waals surface area contributed by atoms with Gasteiger partial charge < -0.3 is 10.1 Å². The SMILES string of the molecule is Brc1cc(NCC2CCCOC2)nc(C2CC2)n1. The van der Waals surface area contributed by atoms with E-state index in [1.165, 1.54) is 25.7 Å². The molecule has 1 unspecified atom stereocenters. The fraction of sp³-hybridized carbons (Fsp3) is 0.692. The topological polar surface area (TPSA) is 47.0 Å². The molecule has 0 amide bonds. The lowest BCUT2D eigenvalue weighted by Crippen LogP contribution is -2.24. The number of nitrogens with one attached hydrogen (secondary N) is 1. The molecule has 4 nitrogen and oxygen atoms in total. The van der Waals surface area contributed by atoms with Gasteiger partial charge in [0, 0.05) is 25.1 Å². The zero-order chi connectivity index (χ0) is 12.4. The summed E-state index contributed by atoms with van der Waals surface area (Å²) in [6.07, 6.45) is 4.88. The van der Waals surface area contributed by atoms with E-state index in [9.17, 15) is 0 Å². The van der Waals surface area contributed by atoms with Crippen LogP contribution < -0.4 is 5.32 Å². The standard InChI is InChI=1S/C13H18BrN3O/c14-11-6-12(17-13(16-11)10-3-4-10)15-7-9-2-1-5-18-8-9/h6,9-10H,1-5,7-8H2,(H,15,16,17). The molecule has 0 bridgehead atoms. The van der Waals surface area contributed by atoms with Crippen molar-refractivity contribution in [2.75, 3.05) is 25.1 Å². The highest BCUT2D eigenvalue weighted by Gasteiger charge is 2.27. The van der Waals surface area contributed by atoms with Crippen molar-refractivity contribution in [1.29, 1.82) is 0 Å². The first-order valence-electron chi connectivity index (χ1n) is 6.67. The van der Waals surface area contributed by atoms with Crippen molar-refractivity contribution in [2.24, 2.45) is 5.92 Å². The number of hydrogen-bond acceptors (Lipinski definition) is 4. The number of anilines is 1. The molecular formula is C13H18BrN3O. The van der Waals surface area contributed by atoms with Crippen LogP contribution in [-0.2, 0) is 4.74 Å². The van der Waals surface area contributed by atoms with Crippen molar-refractivity contribution in [3.05, 3.63) is 16.5 Å². The fourth-order valence-corrected chi connectivity index (χ4v) is 2.67. The Morgan fingerprint density at radius 3 is 2.94 bits per heavy atom. The maximum atomic E-state index is 5.48. The van der Waals surface area contributed by atoms with Gasteiger partial charge in [0.15, 0.2) is 0 Å². The minimum absolute atomic E-state index is 0.584. The van der Waals surface area contributed by atoms with E-state index in [4.69, 9.17) is 4.74 Å². The third-order valence-corrected chi connectivity index (χ3v) is 3.89. The second-order valence-electron chi connectivity index (χ2n) is 5.17. The van der Waals surface area contributed by atoms with E-state index in [2.05, 4.69) is 31.2 Å². The van der Waals surface area contributed by atoms with Gasteiger partial charge in [-0.15, -0.1) is 0 Å². The van der Waals surface area contributed by atoms with Crippen molar-refractivity contribution in [3.63, 3.8) is 0 Å². The molecule has 3 rings (SSSR count). The molecule has 0 radical (unpaired) electrons. The summed E-state index contributed by atoms with van der Waals surface area (Å²) in [6, 6.07) is 1.95. The normalized spacial score (nSPS) is 23.9. The summed E-state index contributed by atoms with van der Waals surface area (Å²) in [7, 11) is 0. The van der Waals surface area contributed by atoms with Gasteiger partial charge >= 0.3 is 0 Å². The molecular weight excluding hydrogens is 294 g/mol. The number of ether oxygens (including phenoxy) is 1. The largest absolute Gasteiger partial charge is 0.381 e. The Morgan fingerprint density at radius 2 is 2.22 bits per heavy atom. The summed E-state index contributed by atoms with van der Waals surface area (Å²) in [5.74, 6) is 3.11. The van der Waals surface area contributed by atoms with Crippen LogP contribution in [0.1, 0.15) is 37.4 Å². The molecule has 1 atom stereocenters. The molecule has 2 fully saturated rings. The van der Waals surface area contributed by atoms with Crippen molar-refractivity contribution < 1.29 is 4.74 Å². The van der Waals surface area contributed by atoms with Gasteiger partial charge in [-0.1, -0.05) is 0 Å². The number of hydrogen-bond donors (Lipinski definition) is 1. The summed E-state index contributed by atoms with van der Waals surface area (Å²) >= 11 is 3.46. The van der Waals surface area contributed by atoms with Crippen LogP contribution >= 0.6 is 15.9 Å². The van der Waals surface area contributed by atoms with Crippen molar-refractivity contribution >= 4 is 21.7 Å². The van der Waals surface area contributed by atoms with Gasteiger partial charge in [-0.05, 0) is 47.5 Å². The molecule has 1 N–H and O–H groups in total. The Bertz CT molecular complexity index is 417. The molecule has 2 aliphatic rings. The van der Waals surface area contributed by atoms with E-state index in [0.717, 1.165) is 36.0 Å². The van der Waals surface area contributed by atoms with Gasteiger partial charge in [-0.3, -0.25) is 0 Å². The lowest BCUT2D eigenvalue weighted by molar-refractivity contribution is 0.0595. The minimum atomic E-state index is 0.584. The first-order chi connectivity index (χ1) is 8.81. The molecule has 1 aromatic rings. The van der Waals surface area contributed by atoms with Crippen LogP contribution in [-0.4, -0.2) is 29.7 Å². The van der Waals surface area contributed by atoms with Crippen LogP contribution in [0.2, 0.25) is 0 Å². The summed E-state index contributed by atoms with van der Waals surface area (Å²) in [6.45, 7) is 2.73. The van der Waals surface area contributed by atoms with Crippen LogP contribution in [0.4, 0.5) is 5.82 Å². The molecule has 0 aromatic carbocycles. The van der Waals surface area contributed by atoms with Crippen molar-refractivity contribution in [3.8, 4) is 0 Å². The molecule has 1 aliphatic carbocycles. The van der Waals surface area contributed by atoms with Gasteiger partial charge in [0.1, 0.15) is 16.2 Å². The van der Waals surface area contributed by atoms with Gasteiger partial charge in [0.05, 0.1) is 6.61 Å². The van der Waals surface area contributed by atoms with Gasteiger partial charge in [-0.2, -0.15) is 0 Å². The number of rotatable bonds is 4. The molecule has 18 heavy (non-hydrogen) atoms. The first kappa shape index (κ1) is 12.4. The Balaban J connectivity index is 1.60. The van der Waals surface area contributed by atoms with Gasteiger partial charge in [0.25, 0.3) is 0 Å². The third-order valence-electron chi connectivity index (χ3n) is 3.48. The van der Waals surface area contributed by atoms with Crippen molar-refractivity contribution in [2.45, 2.75) is 31.6 Å². The molecule has 1 aliphatic heterocycles. The number of nitrogens with zero attached hydrogens (tertiary/aromatic N) is 2. The number of aromatic nitrogens is 2. The Hall–Kier alpha value is -0.680. The predicted molar refractivity (Wildman–Crippen MR) is 73.7 cm³/mol. The summed E-state index contributed by atoms with van der Waals surface area (Å²) < 4.78 is 6.36. The predicted octanol–water partition coefficient (Wildman–Crippen LogP) is 2.96. The highest BCUT2D eigenvalue weighted by Crippen LogP contribution is 2.38. The number of halogens is 1. The lowest BCUT2D eigenvalue weighted by atomic mass is 10.0. The maximum Gasteiger partial charge on any atom is 0.135 e. The molecule has 2 heterocycles. The molecule has 1 saturated carbocycles. The summed E-state index contributed by atoms with van der Waals surface area (Å²) in [5, 5.41) is 3.42. The van der Waals surface area contributed by atoms with E-state index in [0.29, 0.717) is 11.8 Å². The van der Waals surface area contributed by atoms with Crippen LogP contribution in [0.15, 0.2) is 10.7 Å². The second kappa shape index (κ2) is 5.53. The average Bonchev–Trinajstić information content (AvgIpc) is 3.21. The van der Waals surface area contributed by atoms with Crippen LogP contribution in [0, 0.1) is 5.92 Å². The third kappa shape index (κ3) is 3.20. The maximum absolute atomic E-state index is 5.48. The minimum Gasteiger partial charge on any atom is -0.381 e. The lowest BCUT2D eigenvalue weighted by Gasteiger charge is -2.22. The van der Waals surface area contributed by atoms with Crippen LogP contribution in [0.25, 0.3) is 0 Å². The quantitative estimate of drug-likeness (QED) is 0.868. The van der Waals surface area contributed by atoms with E-state index in [-0.39, 0.29) is 0 Å². The zero-order valence-electron chi connectivity index (χ0n) is 10.4. The highest BCUT2D eigenvalue weighted by molar-refractivity contribution is 9.10. The Labute approximate surface area is 116 Å². The zero-order valence-corrected chi connectivity index (χ0v) is 11.9. The first-order valence-corrected chi connectivity index (χ1v) is 7.46. The summed E-state index contributed by atoms with van der Waals surface area (Å²) in [5.41, 5.74) is 0. The van der Waals surface area contributed by atoms with E-state index in [1.807, 2.05) is 6.07 Å². The molecule has 5 heteroatoms. The molecule has 98 valence electrons. The van der Waals surface area contributed by atoms with E-state index < -0.39 is 0 Å². The average molecular weight is 312 g/mol. The fourth-order valence-electron chi connectivity index (χ4n) is 2.27. The Morgan fingerprint density at radius 1 is 1.33 bits per heavy atom. The van der Waals surface area contributed by atoms with Crippen LogP contribution in [0.5, 0.6) is 0 Å². The summed E-state index contributed by atoms with van der Waals surface area (Å²) in [4.78, 5) is 9.02. The molecule has 1 aromatic heterocycles. The van der Waals surface area contributed by atoms with Crippen molar-refractivity contribution in [1.82, 2.24) is 9.97 Å². The van der Waals surface area contributed by atoms with E-state index in [1.54, 1.807) is 0 Å². The highest BCUT2D eigenvalue weighted by atomic mass is 79.9. The van der Waals surface area contributed by atoms with Gasteiger partial charge in [-0.25, -0.2) is 9.97 Å².